The Kier molecular flexibility index (Phi) is 7.58. The van der Waals surface area contributed by atoms with Gasteiger partial charge < -0.3 is 14.8 Å². The summed E-state index contributed by atoms with van der Waals surface area (Å²) in [7, 11) is 1.60. The molecule has 0 fully saturated rings. The summed E-state index contributed by atoms with van der Waals surface area (Å²) < 4.78 is 10.6. The Labute approximate surface area is 152 Å². The molecule has 1 N–H and O–H groups in total. The number of nitrogens with one attached hydrogen (secondary N) is 1. The van der Waals surface area contributed by atoms with Crippen molar-refractivity contribution in [3.05, 3.63) is 48.2 Å². The average Bonchev–Trinajstić information content (AvgIpc) is 2.40. The molecule has 0 spiro atoms. The van der Waals surface area contributed by atoms with Crippen LogP contribution in [-0.2, 0) is 37.4 Å². The molecule has 0 saturated heterocycles. The molecule has 0 amide bonds. The van der Waals surface area contributed by atoms with E-state index in [2.05, 4.69) is 40.6 Å². The van der Waals surface area contributed by atoms with Crippen LogP contribution in [0.5, 0.6) is 5.75 Å². The molecule has 19 heavy (non-hydrogen) atoms. The van der Waals surface area contributed by atoms with E-state index in [1.807, 2.05) is 24.3 Å². The van der Waals surface area contributed by atoms with E-state index < -0.39 is 0 Å². The number of alkyl halides is 1. The fourth-order valence-corrected chi connectivity index (χ4v) is 1.99. The van der Waals surface area contributed by atoms with Gasteiger partial charge in [-0.2, -0.15) is 5.56 Å². The van der Waals surface area contributed by atoms with Gasteiger partial charge in [-0.25, -0.2) is 6.08 Å². The first-order chi connectivity index (χ1) is 8.70. The summed E-state index contributed by atoms with van der Waals surface area (Å²) in [6, 6.07) is 7.84. The quantitative estimate of drug-likeness (QED) is 0.335. The van der Waals surface area contributed by atoms with Gasteiger partial charge in [0.2, 0.25) is 0 Å². The maximum absolute atomic E-state index is 5.34. The monoisotopic (exact) mass is 445 g/mol. The number of ether oxygens (including phenoxy) is 2. The summed E-state index contributed by atoms with van der Waals surface area (Å²) in [6.07, 6.45) is 4.24. The average molecular weight is 445 g/mol. The molecule has 1 aliphatic rings. The summed E-state index contributed by atoms with van der Waals surface area (Å²) in [5.74, 6) is 0.794. The summed E-state index contributed by atoms with van der Waals surface area (Å²) in [4.78, 5) is 0. The Hall–Kier alpha value is 0.0939. The van der Waals surface area contributed by atoms with E-state index in [0.29, 0.717) is 3.92 Å². The van der Waals surface area contributed by atoms with E-state index in [9.17, 15) is 0 Å². The number of hydrogen-bond acceptors (Lipinski definition) is 3. The SMILES string of the molecule is C=C1NC(c2ccc(OCOC)cc2)=[C-]CC1I.[Y]. The minimum absolute atomic E-state index is 0. The third-order valence-electron chi connectivity index (χ3n) is 2.61. The van der Waals surface area contributed by atoms with E-state index in [0.717, 1.165) is 29.1 Å². The van der Waals surface area contributed by atoms with Crippen molar-refractivity contribution in [2.45, 2.75) is 10.3 Å². The number of allylic oxidation sites excluding steroid dienone is 2. The van der Waals surface area contributed by atoms with E-state index in [1.165, 1.54) is 0 Å². The zero-order valence-corrected chi connectivity index (χ0v) is 15.8. The van der Waals surface area contributed by atoms with Crippen LogP contribution in [0, 0.1) is 6.08 Å². The molecule has 0 aliphatic carbocycles. The van der Waals surface area contributed by atoms with Crippen LogP contribution in [0.25, 0.3) is 5.70 Å². The van der Waals surface area contributed by atoms with Gasteiger partial charge in [-0.15, -0.1) is 17.8 Å². The van der Waals surface area contributed by atoms with Crippen molar-refractivity contribution >= 4 is 28.3 Å². The molecule has 1 aliphatic heterocycles. The molecule has 1 aromatic rings. The van der Waals surface area contributed by atoms with E-state index in [-0.39, 0.29) is 39.5 Å². The van der Waals surface area contributed by atoms with Crippen LogP contribution in [0.3, 0.4) is 0 Å². The van der Waals surface area contributed by atoms with E-state index in [1.54, 1.807) is 7.11 Å². The van der Waals surface area contributed by atoms with E-state index in [4.69, 9.17) is 9.47 Å². The first-order valence-corrected chi connectivity index (χ1v) is 6.88. The largest absolute Gasteiger partial charge is 0.468 e. The normalized spacial score (nSPS) is 18.1. The number of benzene rings is 1. The summed E-state index contributed by atoms with van der Waals surface area (Å²) in [5.41, 5.74) is 3.11. The molecule has 1 atom stereocenters. The molecular weight excluding hydrogens is 430 g/mol. The first-order valence-electron chi connectivity index (χ1n) is 5.63. The van der Waals surface area contributed by atoms with E-state index >= 15 is 0 Å². The number of hydrogen-bond donors (Lipinski definition) is 1. The minimum Gasteiger partial charge on any atom is -0.468 e. The fourth-order valence-electron chi connectivity index (χ4n) is 1.62. The van der Waals surface area contributed by atoms with Crippen molar-refractivity contribution in [2.24, 2.45) is 0 Å². The summed E-state index contributed by atoms with van der Waals surface area (Å²) in [6.45, 7) is 4.27. The molecule has 1 radical (unpaired) electrons. The number of methoxy groups -OCH3 is 1. The third-order valence-corrected chi connectivity index (χ3v) is 3.80. The fraction of sp³-hybridized carbons (Fsp3) is 0.286. The van der Waals surface area contributed by atoms with Crippen LogP contribution in [0.15, 0.2) is 36.5 Å². The Bertz CT molecular complexity index is 459. The van der Waals surface area contributed by atoms with Crippen molar-refractivity contribution < 1.29 is 42.2 Å². The van der Waals surface area contributed by atoms with Gasteiger partial charge in [-0.05, 0) is 12.1 Å². The minimum atomic E-state index is 0. The zero-order valence-electron chi connectivity index (χ0n) is 10.8. The van der Waals surface area contributed by atoms with Crippen molar-refractivity contribution in [1.82, 2.24) is 5.32 Å². The second kappa shape index (κ2) is 8.40. The Morgan fingerprint density at radius 2 is 2.11 bits per heavy atom. The molecule has 3 nitrogen and oxygen atoms in total. The van der Waals surface area contributed by atoms with Gasteiger partial charge in [0.15, 0.2) is 6.79 Å². The van der Waals surface area contributed by atoms with Gasteiger partial charge in [0.05, 0.1) is 0 Å². The predicted octanol–water partition coefficient (Wildman–Crippen LogP) is 3.12. The standard InChI is InChI=1S/C14H15INO2.Y/c1-10-13(15)7-8-14(16-10)11-3-5-12(6-4-11)18-9-17-2;/h3-6,13,16H,1,7,9H2,2H3;/q-1;. The Morgan fingerprint density at radius 1 is 1.42 bits per heavy atom. The second-order valence-electron chi connectivity index (χ2n) is 3.95. The smallest absolute Gasteiger partial charge is 0.188 e. The Morgan fingerprint density at radius 3 is 2.68 bits per heavy atom. The summed E-state index contributed by atoms with van der Waals surface area (Å²) in [5, 5.41) is 3.28. The molecular formula is C14H15INO2Y-. The van der Waals surface area contributed by atoms with Gasteiger partial charge in [-0.3, -0.25) is 0 Å². The maximum atomic E-state index is 5.34. The first kappa shape index (κ1) is 17.1. The Balaban J connectivity index is 0.00000180. The molecule has 0 saturated carbocycles. The second-order valence-corrected chi connectivity index (χ2v) is 5.45. The van der Waals surface area contributed by atoms with Crippen LogP contribution in [0.2, 0.25) is 0 Å². The number of halogens is 1. The van der Waals surface area contributed by atoms with Crippen LogP contribution >= 0.6 is 22.6 Å². The van der Waals surface area contributed by atoms with Gasteiger partial charge in [-0.1, -0.05) is 35.6 Å². The van der Waals surface area contributed by atoms with Crippen molar-refractivity contribution in [3.8, 4) is 5.75 Å². The zero-order chi connectivity index (χ0) is 13.0. The molecule has 99 valence electrons. The van der Waals surface area contributed by atoms with Crippen molar-refractivity contribution in [1.29, 1.82) is 0 Å². The van der Waals surface area contributed by atoms with Crippen molar-refractivity contribution in [3.63, 3.8) is 0 Å². The molecule has 5 heteroatoms. The number of rotatable bonds is 4. The molecule has 1 heterocycles. The molecule has 0 bridgehead atoms. The summed E-state index contributed by atoms with van der Waals surface area (Å²) >= 11 is 2.36. The van der Waals surface area contributed by atoms with Crippen molar-refractivity contribution in [2.75, 3.05) is 13.9 Å². The van der Waals surface area contributed by atoms with Crippen LogP contribution in [0.4, 0.5) is 0 Å². The molecule has 0 aromatic heterocycles. The van der Waals surface area contributed by atoms with Gasteiger partial charge >= 0.3 is 0 Å². The van der Waals surface area contributed by atoms with Crippen LogP contribution in [0.1, 0.15) is 12.0 Å². The van der Waals surface area contributed by atoms with Gasteiger partial charge in [0.25, 0.3) is 0 Å². The van der Waals surface area contributed by atoms with Gasteiger partial charge in [0.1, 0.15) is 5.75 Å². The maximum Gasteiger partial charge on any atom is 0.188 e. The predicted molar refractivity (Wildman–Crippen MR) is 80.3 cm³/mol. The molecule has 1 aromatic carbocycles. The van der Waals surface area contributed by atoms with Gasteiger partial charge in [0, 0.05) is 49.4 Å². The van der Waals surface area contributed by atoms with Crippen LogP contribution < -0.4 is 10.1 Å². The third kappa shape index (κ3) is 4.85. The molecule has 1 unspecified atom stereocenters. The topological polar surface area (TPSA) is 30.5 Å². The van der Waals surface area contributed by atoms with Crippen LogP contribution in [-0.4, -0.2) is 17.8 Å². The molecule has 2 rings (SSSR count).